The summed E-state index contributed by atoms with van der Waals surface area (Å²) in [5, 5.41) is 18.4. The summed E-state index contributed by atoms with van der Waals surface area (Å²) >= 11 is 0. The fourth-order valence-electron chi connectivity index (χ4n) is 3.12. The molecule has 146 valence electrons. The van der Waals surface area contributed by atoms with Crippen LogP contribution >= 0.6 is 0 Å². The van der Waals surface area contributed by atoms with Crippen LogP contribution in [0.15, 0.2) is 0 Å². The van der Waals surface area contributed by atoms with Gasteiger partial charge in [0.25, 0.3) is 0 Å². The van der Waals surface area contributed by atoms with Gasteiger partial charge in [0.05, 0.1) is 0 Å². The first kappa shape index (κ1) is 27.3. The van der Waals surface area contributed by atoms with Gasteiger partial charge in [0, 0.05) is 19.5 Å². The fourth-order valence-corrected chi connectivity index (χ4v) is 3.12. The fraction of sp³-hybridized carbons (Fsp3) is 0.952. The van der Waals surface area contributed by atoms with Crippen LogP contribution in [-0.2, 0) is 24.3 Å². The SMILES string of the molecule is CCCCCCCCCCCCCCCCCCC(C)(O)C(=O)O.[Zn]. The van der Waals surface area contributed by atoms with Gasteiger partial charge in [-0.15, -0.1) is 0 Å². The molecule has 0 amide bonds. The van der Waals surface area contributed by atoms with Crippen molar-refractivity contribution < 1.29 is 34.5 Å². The molecule has 0 rings (SSSR count). The van der Waals surface area contributed by atoms with E-state index in [1.54, 1.807) is 0 Å². The minimum absolute atomic E-state index is 0. The van der Waals surface area contributed by atoms with E-state index in [-0.39, 0.29) is 19.5 Å². The van der Waals surface area contributed by atoms with Gasteiger partial charge in [0.15, 0.2) is 5.60 Å². The van der Waals surface area contributed by atoms with Gasteiger partial charge in [-0.1, -0.05) is 103 Å². The predicted molar refractivity (Wildman–Crippen MR) is 102 cm³/mol. The zero-order valence-electron chi connectivity index (χ0n) is 17.0. The molecular weight excluding hydrogens is 366 g/mol. The van der Waals surface area contributed by atoms with Crippen molar-refractivity contribution in [2.75, 3.05) is 0 Å². The van der Waals surface area contributed by atoms with Crippen molar-refractivity contribution in [1.29, 1.82) is 0 Å². The van der Waals surface area contributed by atoms with Crippen LogP contribution in [0.25, 0.3) is 0 Å². The Bertz CT molecular complexity index is 293. The Morgan fingerprint density at radius 1 is 0.680 bits per heavy atom. The second-order valence-electron chi connectivity index (χ2n) is 7.63. The monoisotopic (exact) mass is 406 g/mol. The Balaban J connectivity index is 0. The molecule has 0 saturated carbocycles. The number of carbonyl (C=O) groups is 1. The largest absolute Gasteiger partial charge is 0.479 e. The van der Waals surface area contributed by atoms with Crippen molar-refractivity contribution in [3.05, 3.63) is 0 Å². The molecule has 1 atom stereocenters. The standard InChI is InChI=1S/C21H42O3.Zn/c1-3-4-5-6-7-8-9-10-11-12-13-14-15-16-17-18-19-21(2,24)20(22)23;/h24H,3-19H2,1-2H3,(H,22,23);. The van der Waals surface area contributed by atoms with E-state index < -0.39 is 11.6 Å². The van der Waals surface area contributed by atoms with Crippen molar-refractivity contribution >= 4 is 5.97 Å². The van der Waals surface area contributed by atoms with Crippen molar-refractivity contribution in [2.45, 2.75) is 129 Å². The molecule has 1 unspecified atom stereocenters. The molecule has 3 nitrogen and oxygen atoms in total. The van der Waals surface area contributed by atoms with Gasteiger partial charge < -0.3 is 10.2 Å². The Labute approximate surface area is 169 Å². The van der Waals surface area contributed by atoms with Crippen LogP contribution in [0.1, 0.15) is 123 Å². The molecule has 0 radical (unpaired) electrons. The number of carboxylic acid groups (broad SMARTS) is 1. The molecule has 0 aromatic carbocycles. The van der Waals surface area contributed by atoms with E-state index in [0.717, 1.165) is 19.3 Å². The molecule has 0 heterocycles. The van der Waals surface area contributed by atoms with Crippen LogP contribution in [0.2, 0.25) is 0 Å². The molecule has 0 aromatic heterocycles. The first-order chi connectivity index (χ1) is 11.5. The van der Waals surface area contributed by atoms with Crippen LogP contribution < -0.4 is 0 Å². The van der Waals surface area contributed by atoms with Crippen LogP contribution in [0.4, 0.5) is 0 Å². The molecule has 0 aliphatic rings. The summed E-state index contributed by atoms with van der Waals surface area (Å²) in [6.07, 6.45) is 21.2. The van der Waals surface area contributed by atoms with E-state index in [0.29, 0.717) is 6.42 Å². The maximum absolute atomic E-state index is 10.8. The quantitative estimate of drug-likeness (QED) is 0.202. The Morgan fingerprint density at radius 2 is 0.960 bits per heavy atom. The minimum Gasteiger partial charge on any atom is -0.479 e. The summed E-state index contributed by atoms with van der Waals surface area (Å²) < 4.78 is 0. The third-order valence-corrected chi connectivity index (χ3v) is 4.98. The van der Waals surface area contributed by atoms with Crippen LogP contribution in [0.3, 0.4) is 0 Å². The molecule has 0 aliphatic carbocycles. The third kappa shape index (κ3) is 18.6. The normalized spacial score (nSPS) is 13.2. The van der Waals surface area contributed by atoms with Gasteiger partial charge in [-0.3, -0.25) is 0 Å². The first-order valence-electron chi connectivity index (χ1n) is 10.5. The molecule has 2 N–H and O–H groups in total. The molecule has 4 heteroatoms. The zero-order valence-corrected chi connectivity index (χ0v) is 20.0. The summed E-state index contributed by atoms with van der Waals surface area (Å²) in [7, 11) is 0. The van der Waals surface area contributed by atoms with E-state index in [9.17, 15) is 9.90 Å². The van der Waals surface area contributed by atoms with Crippen LogP contribution in [-0.4, -0.2) is 21.8 Å². The van der Waals surface area contributed by atoms with Gasteiger partial charge in [-0.2, -0.15) is 0 Å². The zero-order chi connectivity index (χ0) is 18.1. The molecule has 25 heavy (non-hydrogen) atoms. The van der Waals surface area contributed by atoms with Crippen LogP contribution in [0, 0.1) is 0 Å². The Kier molecular flexibility index (Phi) is 20.5. The summed E-state index contributed by atoms with van der Waals surface area (Å²) in [6, 6.07) is 0. The number of carboxylic acids is 1. The number of hydrogen-bond donors (Lipinski definition) is 2. The van der Waals surface area contributed by atoms with Crippen molar-refractivity contribution in [3.63, 3.8) is 0 Å². The van der Waals surface area contributed by atoms with Crippen LogP contribution in [0.5, 0.6) is 0 Å². The summed E-state index contributed by atoms with van der Waals surface area (Å²) in [5.41, 5.74) is -1.55. The number of hydrogen-bond acceptors (Lipinski definition) is 2. The number of aliphatic carboxylic acids is 1. The molecule has 0 fully saturated rings. The summed E-state index contributed by atoms with van der Waals surface area (Å²) in [5.74, 6) is -1.11. The maximum Gasteiger partial charge on any atom is 0.335 e. The summed E-state index contributed by atoms with van der Waals surface area (Å²) in [4.78, 5) is 10.8. The van der Waals surface area contributed by atoms with Gasteiger partial charge in [0.1, 0.15) is 0 Å². The maximum atomic E-state index is 10.8. The Hall–Kier alpha value is 0.0534. The number of rotatable bonds is 18. The summed E-state index contributed by atoms with van der Waals surface area (Å²) in [6.45, 7) is 3.66. The molecule has 0 spiro atoms. The smallest absolute Gasteiger partial charge is 0.335 e. The molecule has 0 aliphatic heterocycles. The molecular formula is C21H42O3Zn. The minimum atomic E-state index is -1.55. The van der Waals surface area contributed by atoms with Gasteiger partial charge in [-0.25, -0.2) is 4.79 Å². The average Bonchev–Trinajstić information content (AvgIpc) is 2.54. The van der Waals surface area contributed by atoms with E-state index in [2.05, 4.69) is 6.92 Å². The Morgan fingerprint density at radius 3 is 1.24 bits per heavy atom. The molecule has 0 aromatic rings. The second-order valence-corrected chi connectivity index (χ2v) is 7.63. The average molecular weight is 408 g/mol. The van der Waals surface area contributed by atoms with Gasteiger partial charge >= 0.3 is 5.97 Å². The molecule has 0 bridgehead atoms. The van der Waals surface area contributed by atoms with Crippen molar-refractivity contribution in [1.82, 2.24) is 0 Å². The number of aliphatic hydroxyl groups is 1. The second kappa shape index (κ2) is 18.8. The predicted octanol–water partition coefficient (Wildman–Crippen LogP) is 6.47. The van der Waals surface area contributed by atoms with E-state index in [1.165, 1.54) is 90.4 Å². The third-order valence-electron chi connectivity index (χ3n) is 4.98. The van der Waals surface area contributed by atoms with Gasteiger partial charge in [0.2, 0.25) is 0 Å². The van der Waals surface area contributed by atoms with E-state index in [4.69, 9.17) is 5.11 Å². The number of unbranched alkanes of at least 4 members (excludes halogenated alkanes) is 15. The van der Waals surface area contributed by atoms with Crippen molar-refractivity contribution in [2.24, 2.45) is 0 Å². The van der Waals surface area contributed by atoms with Gasteiger partial charge in [-0.05, 0) is 19.8 Å². The van der Waals surface area contributed by atoms with E-state index in [1.807, 2.05) is 0 Å². The van der Waals surface area contributed by atoms with E-state index >= 15 is 0 Å². The molecule has 0 saturated heterocycles. The topological polar surface area (TPSA) is 57.5 Å². The first-order valence-corrected chi connectivity index (χ1v) is 10.5. The van der Waals surface area contributed by atoms with Crippen molar-refractivity contribution in [3.8, 4) is 0 Å².